The van der Waals surface area contributed by atoms with E-state index in [0.717, 1.165) is 13.0 Å². The van der Waals surface area contributed by atoms with Crippen LogP contribution in [-0.2, 0) is 11.3 Å². The Bertz CT molecular complexity index is 544. The summed E-state index contributed by atoms with van der Waals surface area (Å²) in [7, 11) is 1.68. The number of aryl methyl sites for hydroxylation is 1. The average Bonchev–Trinajstić information content (AvgIpc) is 2.82. The molecule has 19 heavy (non-hydrogen) atoms. The quantitative estimate of drug-likeness (QED) is 0.824. The van der Waals surface area contributed by atoms with E-state index in [4.69, 9.17) is 4.74 Å². The molecule has 1 aromatic carbocycles. The molecule has 1 heterocycles. The van der Waals surface area contributed by atoms with Crippen LogP contribution in [0.1, 0.15) is 6.42 Å². The number of nitrogens with one attached hydrogen (secondary N) is 1. The second kappa shape index (κ2) is 6.68. The molecule has 0 bridgehead atoms. The average molecular weight is 328 g/mol. The molecule has 0 unspecified atom stereocenters. The summed E-state index contributed by atoms with van der Waals surface area (Å²) in [6.07, 6.45) is 4.49. The molecule has 6 heteroatoms. The van der Waals surface area contributed by atoms with Gasteiger partial charge in [-0.3, -0.25) is 0 Å². The van der Waals surface area contributed by atoms with E-state index in [1.165, 1.54) is 6.07 Å². The summed E-state index contributed by atoms with van der Waals surface area (Å²) < 4.78 is 20.9. The molecule has 0 amide bonds. The predicted octanol–water partition coefficient (Wildman–Crippen LogP) is 3.56. The van der Waals surface area contributed by atoms with Gasteiger partial charge in [-0.1, -0.05) is 0 Å². The molecule has 0 aliphatic heterocycles. The van der Waals surface area contributed by atoms with Crippen molar-refractivity contribution in [3.8, 4) is 0 Å². The van der Waals surface area contributed by atoms with Crippen molar-refractivity contribution in [1.29, 1.82) is 0 Å². The van der Waals surface area contributed by atoms with Gasteiger partial charge in [0.05, 0.1) is 4.47 Å². The summed E-state index contributed by atoms with van der Waals surface area (Å²) in [4.78, 5) is 4.22. The van der Waals surface area contributed by atoms with Crippen LogP contribution < -0.4 is 5.32 Å². The number of anilines is 2. The highest BCUT2D eigenvalue weighted by Gasteiger charge is 2.05. The topological polar surface area (TPSA) is 39.1 Å². The summed E-state index contributed by atoms with van der Waals surface area (Å²) in [5, 5.41) is 3.10. The van der Waals surface area contributed by atoms with Crippen LogP contribution in [0.25, 0.3) is 0 Å². The summed E-state index contributed by atoms with van der Waals surface area (Å²) in [5.41, 5.74) is 0.667. The Morgan fingerprint density at radius 3 is 3.05 bits per heavy atom. The number of halogens is 2. The van der Waals surface area contributed by atoms with Gasteiger partial charge < -0.3 is 14.6 Å². The molecule has 0 saturated carbocycles. The summed E-state index contributed by atoms with van der Waals surface area (Å²) in [6.45, 7) is 1.50. The largest absolute Gasteiger partial charge is 0.385 e. The van der Waals surface area contributed by atoms with E-state index in [-0.39, 0.29) is 5.82 Å². The van der Waals surface area contributed by atoms with Gasteiger partial charge in [-0.25, -0.2) is 9.37 Å². The summed E-state index contributed by atoms with van der Waals surface area (Å²) >= 11 is 3.13. The van der Waals surface area contributed by atoms with Gasteiger partial charge in [-0.2, -0.15) is 0 Å². The number of ether oxygens (including phenoxy) is 1. The SMILES string of the molecule is COCCCn1ccnc1Nc1ccc(Br)c(F)c1. The molecule has 0 atom stereocenters. The number of aromatic nitrogens is 2. The normalized spacial score (nSPS) is 10.7. The highest BCUT2D eigenvalue weighted by atomic mass is 79.9. The second-order valence-electron chi connectivity index (χ2n) is 4.04. The highest BCUT2D eigenvalue weighted by Crippen LogP contribution is 2.21. The Morgan fingerprint density at radius 1 is 1.47 bits per heavy atom. The Balaban J connectivity index is 2.06. The molecule has 0 aliphatic carbocycles. The standard InChI is InChI=1S/C13H15BrFN3O/c1-19-8-2-6-18-7-5-16-13(18)17-10-3-4-11(14)12(15)9-10/h3-5,7,9H,2,6,8H2,1H3,(H,16,17). The van der Waals surface area contributed by atoms with Crippen LogP contribution in [-0.4, -0.2) is 23.3 Å². The monoisotopic (exact) mass is 327 g/mol. The van der Waals surface area contributed by atoms with Crippen LogP contribution in [0, 0.1) is 5.82 Å². The molecule has 4 nitrogen and oxygen atoms in total. The Hall–Kier alpha value is -1.40. The van der Waals surface area contributed by atoms with Gasteiger partial charge in [-0.15, -0.1) is 0 Å². The fraction of sp³-hybridized carbons (Fsp3) is 0.308. The van der Waals surface area contributed by atoms with Crippen molar-refractivity contribution in [2.45, 2.75) is 13.0 Å². The lowest BCUT2D eigenvalue weighted by molar-refractivity contribution is 0.190. The van der Waals surface area contributed by atoms with E-state index in [2.05, 4.69) is 26.2 Å². The third-order valence-electron chi connectivity index (χ3n) is 2.64. The van der Waals surface area contributed by atoms with E-state index in [9.17, 15) is 4.39 Å². The Kier molecular flexibility index (Phi) is 4.93. The molecule has 1 N–H and O–H groups in total. The van der Waals surface area contributed by atoms with Crippen molar-refractivity contribution in [3.05, 3.63) is 40.9 Å². The summed E-state index contributed by atoms with van der Waals surface area (Å²) in [6, 6.07) is 4.88. The van der Waals surface area contributed by atoms with Crippen molar-refractivity contribution in [1.82, 2.24) is 9.55 Å². The van der Waals surface area contributed by atoms with E-state index in [1.807, 2.05) is 10.8 Å². The molecule has 0 radical (unpaired) electrons. The Morgan fingerprint density at radius 2 is 2.32 bits per heavy atom. The molecule has 2 rings (SSSR count). The minimum absolute atomic E-state index is 0.303. The maximum Gasteiger partial charge on any atom is 0.207 e. The van der Waals surface area contributed by atoms with E-state index in [1.54, 1.807) is 25.4 Å². The minimum atomic E-state index is -0.303. The maximum atomic E-state index is 13.4. The van der Waals surface area contributed by atoms with Crippen LogP contribution in [0.4, 0.5) is 16.0 Å². The Labute approximate surface area is 119 Å². The minimum Gasteiger partial charge on any atom is -0.385 e. The number of imidazole rings is 1. The van der Waals surface area contributed by atoms with Crippen LogP contribution in [0.3, 0.4) is 0 Å². The van der Waals surface area contributed by atoms with Crippen LogP contribution >= 0.6 is 15.9 Å². The van der Waals surface area contributed by atoms with Gasteiger partial charge >= 0.3 is 0 Å². The van der Waals surface area contributed by atoms with E-state index < -0.39 is 0 Å². The molecule has 0 fully saturated rings. The number of nitrogens with zero attached hydrogens (tertiary/aromatic N) is 2. The van der Waals surface area contributed by atoms with Gasteiger partial charge in [0, 0.05) is 38.3 Å². The van der Waals surface area contributed by atoms with Crippen molar-refractivity contribution in [3.63, 3.8) is 0 Å². The lowest BCUT2D eigenvalue weighted by Crippen LogP contribution is -2.05. The van der Waals surface area contributed by atoms with Gasteiger partial charge in [0.15, 0.2) is 0 Å². The molecule has 0 spiro atoms. The zero-order chi connectivity index (χ0) is 13.7. The zero-order valence-electron chi connectivity index (χ0n) is 10.6. The third kappa shape index (κ3) is 3.78. The van der Waals surface area contributed by atoms with Gasteiger partial charge in [0.1, 0.15) is 5.82 Å². The highest BCUT2D eigenvalue weighted by molar-refractivity contribution is 9.10. The lowest BCUT2D eigenvalue weighted by Gasteiger charge is -2.10. The van der Waals surface area contributed by atoms with Crippen molar-refractivity contribution < 1.29 is 9.13 Å². The maximum absolute atomic E-state index is 13.4. The van der Waals surface area contributed by atoms with Gasteiger partial charge in [0.25, 0.3) is 0 Å². The van der Waals surface area contributed by atoms with Crippen LogP contribution in [0.2, 0.25) is 0 Å². The number of methoxy groups -OCH3 is 1. The summed E-state index contributed by atoms with van der Waals surface area (Å²) in [5.74, 6) is 0.389. The van der Waals surface area contributed by atoms with Crippen LogP contribution in [0.5, 0.6) is 0 Å². The lowest BCUT2D eigenvalue weighted by atomic mass is 10.3. The molecule has 2 aromatic rings. The molecular weight excluding hydrogens is 313 g/mol. The van der Waals surface area contributed by atoms with Crippen LogP contribution in [0.15, 0.2) is 35.1 Å². The van der Waals surface area contributed by atoms with Crippen molar-refractivity contribution in [2.24, 2.45) is 0 Å². The molecule has 1 aromatic heterocycles. The van der Waals surface area contributed by atoms with Gasteiger partial charge in [0.2, 0.25) is 5.95 Å². The molecule has 0 aliphatic rings. The van der Waals surface area contributed by atoms with E-state index in [0.29, 0.717) is 22.7 Å². The fourth-order valence-electron chi connectivity index (χ4n) is 1.70. The first-order valence-corrected chi connectivity index (χ1v) is 6.72. The molecule has 102 valence electrons. The molecule has 0 saturated heterocycles. The molecular formula is C13H15BrFN3O. The first-order valence-electron chi connectivity index (χ1n) is 5.93. The predicted molar refractivity (Wildman–Crippen MR) is 76.1 cm³/mol. The fourth-order valence-corrected chi connectivity index (χ4v) is 1.94. The number of hydrogen-bond donors (Lipinski definition) is 1. The third-order valence-corrected chi connectivity index (χ3v) is 3.28. The first kappa shape index (κ1) is 14.0. The number of rotatable bonds is 6. The number of benzene rings is 1. The van der Waals surface area contributed by atoms with Crippen molar-refractivity contribution >= 4 is 27.6 Å². The second-order valence-corrected chi connectivity index (χ2v) is 4.90. The van der Waals surface area contributed by atoms with E-state index >= 15 is 0 Å². The smallest absolute Gasteiger partial charge is 0.207 e. The van der Waals surface area contributed by atoms with Gasteiger partial charge in [-0.05, 0) is 40.5 Å². The number of hydrogen-bond acceptors (Lipinski definition) is 3. The van der Waals surface area contributed by atoms with Crippen molar-refractivity contribution in [2.75, 3.05) is 19.0 Å². The first-order chi connectivity index (χ1) is 9.20. The zero-order valence-corrected chi connectivity index (χ0v) is 12.2.